The van der Waals surface area contributed by atoms with Crippen molar-refractivity contribution in [1.29, 1.82) is 0 Å². The fourth-order valence-electron chi connectivity index (χ4n) is 5.12. The highest BCUT2D eigenvalue weighted by molar-refractivity contribution is 5.78. The molecule has 9 nitrogen and oxygen atoms in total. The molecule has 9 heteroatoms. The first-order valence-electron chi connectivity index (χ1n) is 11.9. The maximum atomic E-state index is 12.7. The number of rotatable bonds is 8. The Labute approximate surface area is 181 Å². The molecule has 0 aliphatic carbocycles. The van der Waals surface area contributed by atoms with E-state index in [-0.39, 0.29) is 0 Å². The second kappa shape index (κ2) is 11.8. The summed E-state index contributed by atoms with van der Waals surface area (Å²) in [6.45, 7) is 15.0. The fraction of sp³-hybridized carbons (Fsp3) is 0.952. The number of ether oxygens (including phenoxy) is 2. The second-order valence-corrected chi connectivity index (χ2v) is 8.78. The highest BCUT2D eigenvalue weighted by Gasteiger charge is 2.30. The summed E-state index contributed by atoms with van der Waals surface area (Å²) in [5, 5.41) is 7.04. The summed E-state index contributed by atoms with van der Waals surface area (Å²) in [5.74, 6) is 0.397. The summed E-state index contributed by atoms with van der Waals surface area (Å²) < 4.78 is 11.0. The highest BCUT2D eigenvalue weighted by Crippen LogP contribution is 2.14. The number of carbonyl (C=O) groups excluding carboxylic acids is 1. The van der Waals surface area contributed by atoms with Crippen molar-refractivity contribution in [3.05, 3.63) is 0 Å². The van der Waals surface area contributed by atoms with Crippen molar-refractivity contribution >= 4 is 5.78 Å². The van der Waals surface area contributed by atoms with Gasteiger partial charge in [0, 0.05) is 91.4 Å². The molecule has 30 heavy (non-hydrogen) atoms. The Kier molecular flexibility index (Phi) is 8.88. The van der Waals surface area contributed by atoms with Gasteiger partial charge in [-0.3, -0.25) is 24.4 Å². The third-order valence-electron chi connectivity index (χ3n) is 6.94. The van der Waals surface area contributed by atoms with Crippen molar-refractivity contribution in [2.75, 3.05) is 105 Å². The van der Waals surface area contributed by atoms with Gasteiger partial charge in [-0.15, -0.1) is 0 Å². The van der Waals surface area contributed by atoms with Gasteiger partial charge in [0.05, 0.1) is 38.8 Å². The Morgan fingerprint density at radius 1 is 0.700 bits per heavy atom. The third-order valence-corrected chi connectivity index (χ3v) is 6.94. The lowest BCUT2D eigenvalue weighted by molar-refractivity contribution is -0.121. The number of nitrogens with one attached hydrogen (secondary N) is 2. The van der Waals surface area contributed by atoms with Crippen molar-refractivity contribution in [2.24, 2.45) is 0 Å². The van der Waals surface area contributed by atoms with Crippen molar-refractivity contribution in [3.8, 4) is 0 Å². The molecular formula is C21H40N6O3. The van der Waals surface area contributed by atoms with Crippen LogP contribution in [0.5, 0.6) is 0 Å². The van der Waals surface area contributed by atoms with E-state index < -0.39 is 0 Å². The molecule has 4 aliphatic rings. The zero-order valence-electron chi connectivity index (χ0n) is 18.4. The topological polar surface area (TPSA) is 72.6 Å². The van der Waals surface area contributed by atoms with Crippen LogP contribution >= 0.6 is 0 Å². The van der Waals surface area contributed by atoms with Crippen LogP contribution in [0, 0.1) is 0 Å². The van der Waals surface area contributed by atoms with E-state index in [9.17, 15) is 4.79 Å². The molecule has 0 amide bonds. The summed E-state index contributed by atoms with van der Waals surface area (Å²) in [6, 6.07) is 0. The summed E-state index contributed by atoms with van der Waals surface area (Å²) in [5.41, 5.74) is 0. The fourth-order valence-corrected chi connectivity index (χ4v) is 5.12. The molecule has 4 heterocycles. The molecule has 2 unspecified atom stereocenters. The number of hydrogen-bond donors (Lipinski definition) is 2. The molecule has 0 saturated carbocycles. The van der Waals surface area contributed by atoms with Crippen molar-refractivity contribution in [1.82, 2.24) is 30.2 Å². The molecule has 0 aromatic heterocycles. The standard InChI is InChI=1S/C21H40N6O3/c28-19(1-5-24-7-3-22-17-20(24)26-9-13-29-14-10-26)2-6-25-8-4-23-18-21(25)27-11-15-30-16-12-27/h20-23H,1-18H2. The van der Waals surface area contributed by atoms with E-state index in [0.29, 0.717) is 31.0 Å². The smallest absolute Gasteiger partial charge is 0.135 e. The average molecular weight is 425 g/mol. The largest absolute Gasteiger partial charge is 0.379 e. The van der Waals surface area contributed by atoms with Crippen molar-refractivity contribution in [3.63, 3.8) is 0 Å². The van der Waals surface area contributed by atoms with E-state index in [1.807, 2.05) is 0 Å². The first-order chi connectivity index (χ1) is 14.8. The van der Waals surface area contributed by atoms with Crippen LogP contribution in [-0.2, 0) is 14.3 Å². The van der Waals surface area contributed by atoms with E-state index in [1.165, 1.54) is 0 Å². The van der Waals surface area contributed by atoms with Gasteiger partial charge in [0.1, 0.15) is 5.78 Å². The minimum absolute atomic E-state index is 0.397. The van der Waals surface area contributed by atoms with Crippen LogP contribution < -0.4 is 10.6 Å². The van der Waals surface area contributed by atoms with Crippen molar-refractivity contribution < 1.29 is 14.3 Å². The molecule has 4 aliphatic heterocycles. The van der Waals surface area contributed by atoms with Gasteiger partial charge in [-0.05, 0) is 0 Å². The van der Waals surface area contributed by atoms with Gasteiger partial charge in [-0.2, -0.15) is 0 Å². The predicted octanol–water partition coefficient (Wildman–Crippen LogP) is -1.54. The number of hydrogen-bond acceptors (Lipinski definition) is 9. The maximum absolute atomic E-state index is 12.7. The molecule has 0 aromatic carbocycles. The molecule has 2 N–H and O–H groups in total. The molecule has 4 rings (SSSR count). The molecule has 0 radical (unpaired) electrons. The summed E-state index contributed by atoms with van der Waals surface area (Å²) >= 11 is 0. The van der Waals surface area contributed by atoms with Gasteiger partial charge in [0.2, 0.25) is 0 Å². The van der Waals surface area contributed by atoms with Crippen LogP contribution in [-0.4, -0.2) is 143 Å². The van der Waals surface area contributed by atoms with Crippen LogP contribution in [0.15, 0.2) is 0 Å². The Balaban J connectivity index is 1.21. The number of nitrogens with zero attached hydrogens (tertiary/aromatic N) is 4. The Hall–Kier alpha value is -0.650. The first-order valence-corrected chi connectivity index (χ1v) is 11.9. The number of ketones is 1. The second-order valence-electron chi connectivity index (χ2n) is 8.78. The molecule has 172 valence electrons. The van der Waals surface area contributed by atoms with Crippen LogP contribution in [0.2, 0.25) is 0 Å². The Morgan fingerprint density at radius 2 is 1.13 bits per heavy atom. The Bertz CT molecular complexity index is 483. The monoisotopic (exact) mass is 424 g/mol. The van der Waals surface area contributed by atoms with E-state index in [1.54, 1.807) is 0 Å². The molecule has 4 fully saturated rings. The summed E-state index contributed by atoms with van der Waals surface area (Å²) in [4.78, 5) is 22.8. The number of carbonyl (C=O) groups is 1. The first kappa shape index (κ1) is 22.5. The number of piperazine rings is 2. The van der Waals surface area contributed by atoms with Gasteiger partial charge in [-0.1, -0.05) is 0 Å². The molecule has 0 spiro atoms. The van der Waals surface area contributed by atoms with Gasteiger partial charge in [0.15, 0.2) is 0 Å². The number of Topliss-reactive ketones (excluding diaryl/α,β-unsaturated/α-hetero) is 1. The van der Waals surface area contributed by atoms with Crippen LogP contribution in [0.1, 0.15) is 12.8 Å². The average Bonchev–Trinajstić information content (AvgIpc) is 2.83. The van der Waals surface area contributed by atoms with Crippen LogP contribution in [0.3, 0.4) is 0 Å². The molecule has 0 aromatic rings. The van der Waals surface area contributed by atoms with E-state index in [0.717, 1.165) is 105 Å². The normalized spacial score (nSPS) is 31.1. The quantitative estimate of drug-likeness (QED) is 0.482. The zero-order valence-corrected chi connectivity index (χ0v) is 18.4. The minimum Gasteiger partial charge on any atom is -0.379 e. The van der Waals surface area contributed by atoms with Gasteiger partial charge in [0.25, 0.3) is 0 Å². The van der Waals surface area contributed by atoms with E-state index in [4.69, 9.17) is 9.47 Å². The van der Waals surface area contributed by atoms with E-state index >= 15 is 0 Å². The van der Waals surface area contributed by atoms with Gasteiger partial charge in [-0.25, -0.2) is 0 Å². The summed E-state index contributed by atoms with van der Waals surface area (Å²) in [7, 11) is 0. The van der Waals surface area contributed by atoms with Gasteiger partial charge < -0.3 is 20.1 Å². The number of morpholine rings is 2. The molecule has 4 saturated heterocycles. The lowest BCUT2D eigenvalue weighted by Crippen LogP contribution is -2.61. The van der Waals surface area contributed by atoms with Crippen LogP contribution in [0.25, 0.3) is 0 Å². The lowest BCUT2D eigenvalue weighted by atomic mass is 10.1. The highest BCUT2D eigenvalue weighted by atomic mass is 16.5. The van der Waals surface area contributed by atoms with E-state index in [2.05, 4.69) is 30.2 Å². The van der Waals surface area contributed by atoms with Crippen LogP contribution in [0.4, 0.5) is 0 Å². The van der Waals surface area contributed by atoms with Crippen molar-refractivity contribution in [2.45, 2.75) is 25.2 Å². The lowest BCUT2D eigenvalue weighted by Gasteiger charge is -2.44. The SMILES string of the molecule is O=C(CCN1CCNCC1N1CCOCC1)CCN1CCNCC1N1CCOCC1. The van der Waals surface area contributed by atoms with Gasteiger partial charge >= 0.3 is 0 Å². The zero-order chi connectivity index (χ0) is 20.6. The molecule has 0 bridgehead atoms. The minimum atomic E-state index is 0.397. The maximum Gasteiger partial charge on any atom is 0.135 e. The Morgan fingerprint density at radius 3 is 1.57 bits per heavy atom. The third kappa shape index (κ3) is 6.20. The molecular weight excluding hydrogens is 384 g/mol. The predicted molar refractivity (Wildman–Crippen MR) is 115 cm³/mol. The molecule has 2 atom stereocenters. The summed E-state index contributed by atoms with van der Waals surface area (Å²) in [6.07, 6.45) is 2.12.